The van der Waals surface area contributed by atoms with Gasteiger partial charge in [-0.15, -0.1) is 0 Å². The van der Waals surface area contributed by atoms with Crippen LogP contribution in [0.3, 0.4) is 0 Å². The van der Waals surface area contributed by atoms with E-state index in [2.05, 4.69) is 24.3 Å². The zero-order valence-electron chi connectivity index (χ0n) is 8.80. The van der Waals surface area contributed by atoms with Gasteiger partial charge in [0.2, 0.25) is 0 Å². The Kier molecular flexibility index (Phi) is 3.96. The van der Waals surface area contributed by atoms with Crippen molar-refractivity contribution >= 4 is 0 Å². The van der Waals surface area contributed by atoms with Crippen LogP contribution in [0.25, 0.3) is 0 Å². The molecule has 0 saturated heterocycles. The van der Waals surface area contributed by atoms with Crippen LogP contribution in [0.4, 0.5) is 0 Å². The van der Waals surface area contributed by atoms with E-state index in [0.29, 0.717) is 0 Å². The van der Waals surface area contributed by atoms with E-state index in [1.807, 2.05) is 17.9 Å². The van der Waals surface area contributed by atoms with Crippen LogP contribution >= 0.6 is 0 Å². The molecule has 1 aromatic heterocycles. The molecule has 1 aromatic rings. The lowest BCUT2D eigenvalue weighted by atomic mass is 10.1. The Balaban J connectivity index is 2.68. The van der Waals surface area contributed by atoms with Gasteiger partial charge in [-0.1, -0.05) is 20.3 Å². The second-order valence-corrected chi connectivity index (χ2v) is 3.27. The average Bonchev–Trinajstić information content (AvgIpc) is 2.46. The SMILES string of the molecule is CCCc1c(CNCC)cnn1C. The van der Waals surface area contributed by atoms with Crippen LogP contribution in [0.15, 0.2) is 6.20 Å². The standard InChI is InChI=1S/C10H19N3/c1-4-6-10-9(7-11-5-2)8-12-13(10)3/h8,11H,4-7H2,1-3H3. The maximum atomic E-state index is 4.26. The number of nitrogens with zero attached hydrogens (tertiary/aromatic N) is 2. The van der Waals surface area contributed by atoms with E-state index in [-0.39, 0.29) is 0 Å². The molecule has 13 heavy (non-hydrogen) atoms. The summed E-state index contributed by atoms with van der Waals surface area (Å²) in [5, 5.41) is 7.59. The number of nitrogens with one attached hydrogen (secondary N) is 1. The van der Waals surface area contributed by atoms with E-state index in [4.69, 9.17) is 0 Å². The molecule has 0 spiro atoms. The molecule has 0 aromatic carbocycles. The van der Waals surface area contributed by atoms with E-state index >= 15 is 0 Å². The average molecular weight is 181 g/mol. The van der Waals surface area contributed by atoms with Gasteiger partial charge in [0, 0.05) is 24.8 Å². The molecule has 1 N–H and O–H groups in total. The highest BCUT2D eigenvalue weighted by molar-refractivity contribution is 5.17. The van der Waals surface area contributed by atoms with Crippen LogP contribution in [0.1, 0.15) is 31.5 Å². The maximum absolute atomic E-state index is 4.26. The molecule has 1 rings (SSSR count). The van der Waals surface area contributed by atoms with E-state index in [9.17, 15) is 0 Å². The van der Waals surface area contributed by atoms with Crippen molar-refractivity contribution in [1.82, 2.24) is 15.1 Å². The van der Waals surface area contributed by atoms with Crippen molar-refractivity contribution in [2.75, 3.05) is 6.54 Å². The summed E-state index contributed by atoms with van der Waals surface area (Å²) in [4.78, 5) is 0. The lowest BCUT2D eigenvalue weighted by Gasteiger charge is -2.04. The van der Waals surface area contributed by atoms with Crippen molar-refractivity contribution in [2.45, 2.75) is 33.2 Å². The summed E-state index contributed by atoms with van der Waals surface area (Å²) in [7, 11) is 2.01. The molecular formula is C10H19N3. The number of aromatic nitrogens is 2. The van der Waals surface area contributed by atoms with Gasteiger partial charge in [0.15, 0.2) is 0 Å². The topological polar surface area (TPSA) is 29.9 Å². The zero-order chi connectivity index (χ0) is 9.68. The second kappa shape index (κ2) is 5.02. The van der Waals surface area contributed by atoms with Crippen LogP contribution in [0, 0.1) is 0 Å². The number of hydrogen-bond acceptors (Lipinski definition) is 2. The highest BCUT2D eigenvalue weighted by Crippen LogP contribution is 2.09. The predicted octanol–water partition coefficient (Wildman–Crippen LogP) is 1.48. The Labute approximate surface area is 80.1 Å². The first-order valence-electron chi connectivity index (χ1n) is 5.00. The van der Waals surface area contributed by atoms with Gasteiger partial charge in [-0.05, 0) is 13.0 Å². The Hall–Kier alpha value is -0.830. The summed E-state index contributed by atoms with van der Waals surface area (Å²) in [5.74, 6) is 0. The largest absolute Gasteiger partial charge is 0.313 e. The molecule has 0 aliphatic rings. The summed E-state index contributed by atoms with van der Waals surface area (Å²) in [6, 6.07) is 0. The summed E-state index contributed by atoms with van der Waals surface area (Å²) >= 11 is 0. The van der Waals surface area contributed by atoms with Crippen LogP contribution in [0.2, 0.25) is 0 Å². The number of aryl methyl sites for hydroxylation is 1. The Morgan fingerprint density at radius 2 is 2.23 bits per heavy atom. The minimum Gasteiger partial charge on any atom is -0.313 e. The van der Waals surface area contributed by atoms with E-state index in [0.717, 1.165) is 19.5 Å². The van der Waals surface area contributed by atoms with Crippen molar-refractivity contribution in [1.29, 1.82) is 0 Å². The second-order valence-electron chi connectivity index (χ2n) is 3.27. The summed E-state index contributed by atoms with van der Waals surface area (Å²) in [6.07, 6.45) is 4.27. The van der Waals surface area contributed by atoms with Crippen molar-refractivity contribution in [2.24, 2.45) is 7.05 Å². The highest BCUT2D eigenvalue weighted by Gasteiger charge is 2.05. The van der Waals surface area contributed by atoms with E-state index in [1.165, 1.54) is 17.7 Å². The summed E-state index contributed by atoms with van der Waals surface area (Å²) in [5.41, 5.74) is 2.70. The first-order chi connectivity index (χ1) is 6.29. The first-order valence-corrected chi connectivity index (χ1v) is 5.00. The lowest BCUT2D eigenvalue weighted by molar-refractivity contribution is 0.677. The quantitative estimate of drug-likeness (QED) is 0.745. The fourth-order valence-corrected chi connectivity index (χ4v) is 1.47. The maximum Gasteiger partial charge on any atom is 0.0537 e. The van der Waals surface area contributed by atoms with Gasteiger partial charge >= 0.3 is 0 Å². The van der Waals surface area contributed by atoms with Crippen molar-refractivity contribution < 1.29 is 0 Å². The van der Waals surface area contributed by atoms with Crippen molar-refractivity contribution in [3.8, 4) is 0 Å². The molecule has 0 unspecified atom stereocenters. The molecule has 0 aliphatic heterocycles. The summed E-state index contributed by atoms with van der Waals surface area (Å²) in [6.45, 7) is 6.28. The van der Waals surface area contributed by atoms with Gasteiger partial charge in [0.25, 0.3) is 0 Å². The van der Waals surface area contributed by atoms with E-state index < -0.39 is 0 Å². The molecule has 0 atom stereocenters. The molecule has 0 saturated carbocycles. The minimum absolute atomic E-state index is 0.944. The van der Waals surface area contributed by atoms with Crippen molar-refractivity contribution in [3.63, 3.8) is 0 Å². The third-order valence-electron chi connectivity index (χ3n) is 2.20. The molecule has 0 amide bonds. The van der Waals surface area contributed by atoms with Crippen LogP contribution in [-0.2, 0) is 20.0 Å². The number of hydrogen-bond donors (Lipinski definition) is 1. The van der Waals surface area contributed by atoms with Crippen LogP contribution < -0.4 is 5.32 Å². The van der Waals surface area contributed by atoms with Crippen LogP contribution in [-0.4, -0.2) is 16.3 Å². The Morgan fingerprint density at radius 3 is 2.85 bits per heavy atom. The fourth-order valence-electron chi connectivity index (χ4n) is 1.47. The highest BCUT2D eigenvalue weighted by atomic mass is 15.3. The molecule has 3 heteroatoms. The fraction of sp³-hybridized carbons (Fsp3) is 0.700. The number of rotatable bonds is 5. The van der Waals surface area contributed by atoms with Gasteiger partial charge in [-0.25, -0.2) is 0 Å². The molecule has 0 fully saturated rings. The molecule has 0 radical (unpaired) electrons. The lowest BCUT2D eigenvalue weighted by Crippen LogP contribution is -2.13. The molecule has 1 heterocycles. The summed E-state index contributed by atoms with van der Waals surface area (Å²) < 4.78 is 1.98. The smallest absolute Gasteiger partial charge is 0.0537 e. The van der Waals surface area contributed by atoms with Crippen molar-refractivity contribution in [3.05, 3.63) is 17.5 Å². The van der Waals surface area contributed by atoms with Gasteiger partial charge < -0.3 is 5.32 Å². The monoisotopic (exact) mass is 181 g/mol. The Morgan fingerprint density at radius 1 is 1.46 bits per heavy atom. The molecule has 3 nitrogen and oxygen atoms in total. The van der Waals surface area contributed by atoms with Gasteiger partial charge in [0.05, 0.1) is 6.20 Å². The molecule has 74 valence electrons. The van der Waals surface area contributed by atoms with Gasteiger partial charge in [-0.3, -0.25) is 4.68 Å². The molecular weight excluding hydrogens is 162 g/mol. The van der Waals surface area contributed by atoms with E-state index in [1.54, 1.807) is 0 Å². The third-order valence-corrected chi connectivity index (χ3v) is 2.20. The van der Waals surface area contributed by atoms with Gasteiger partial charge in [-0.2, -0.15) is 5.10 Å². The van der Waals surface area contributed by atoms with Gasteiger partial charge in [0.1, 0.15) is 0 Å². The normalized spacial score (nSPS) is 10.7. The van der Waals surface area contributed by atoms with Crippen LogP contribution in [0.5, 0.6) is 0 Å². The molecule has 0 bridgehead atoms. The predicted molar refractivity (Wildman–Crippen MR) is 54.6 cm³/mol. The molecule has 0 aliphatic carbocycles. The Bertz CT molecular complexity index is 253. The first kappa shape index (κ1) is 10.3. The third kappa shape index (κ3) is 2.56. The zero-order valence-corrected chi connectivity index (χ0v) is 8.80. The minimum atomic E-state index is 0.944.